The van der Waals surface area contributed by atoms with Crippen LogP contribution in [0, 0.1) is 5.92 Å². The summed E-state index contributed by atoms with van der Waals surface area (Å²) >= 11 is 0. The van der Waals surface area contributed by atoms with Crippen molar-refractivity contribution in [2.24, 2.45) is 5.92 Å². The molecule has 5 heteroatoms. The van der Waals surface area contributed by atoms with E-state index in [1.54, 1.807) is 38.1 Å². The van der Waals surface area contributed by atoms with E-state index in [0.717, 1.165) is 5.56 Å². The van der Waals surface area contributed by atoms with E-state index in [1.807, 2.05) is 6.07 Å². The van der Waals surface area contributed by atoms with Gasteiger partial charge in [0.05, 0.1) is 13.2 Å². The Kier molecular flexibility index (Phi) is 6.43. The number of benzene rings is 1. The summed E-state index contributed by atoms with van der Waals surface area (Å²) in [7, 11) is 0. The van der Waals surface area contributed by atoms with Crippen molar-refractivity contribution >= 4 is 17.7 Å². The smallest absolute Gasteiger partial charge is 0.328 e. The van der Waals surface area contributed by atoms with Gasteiger partial charge in [0.15, 0.2) is 5.78 Å². The molecule has 0 amide bonds. The summed E-state index contributed by atoms with van der Waals surface area (Å²) in [5.41, 5.74) is 0.732. The number of ketones is 1. The van der Waals surface area contributed by atoms with Crippen molar-refractivity contribution in [3.8, 4) is 0 Å². The van der Waals surface area contributed by atoms with Crippen LogP contribution in [0.4, 0.5) is 0 Å². The molecule has 0 aliphatic rings. The molecule has 5 nitrogen and oxygen atoms in total. The molecular formula is C15H18O5. The maximum Gasteiger partial charge on any atom is 0.328 e. The van der Waals surface area contributed by atoms with Gasteiger partial charge in [0, 0.05) is 6.42 Å². The molecule has 20 heavy (non-hydrogen) atoms. The number of hydrogen-bond acceptors (Lipinski definition) is 5. The van der Waals surface area contributed by atoms with Gasteiger partial charge < -0.3 is 9.47 Å². The molecule has 0 saturated carbocycles. The lowest BCUT2D eigenvalue weighted by atomic mass is 9.98. The van der Waals surface area contributed by atoms with E-state index in [9.17, 15) is 14.4 Å². The molecule has 0 aliphatic carbocycles. The first-order valence-corrected chi connectivity index (χ1v) is 6.50. The van der Waals surface area contributed by atoms with Crippen LogP contribution in [0.3, 0.4) is 0 Å². The zero-order chi connectivity index (χ0) is 15.0. The van der Waals surface area contributed by atoms with Crippen molar-refractivity contribution in [3.63, 3.8) is 0 Å². The van der Waals surface area contributed by atoms with Crippen molar-refractivity contribution in [2.75, 3.05) is 13.2 Å². The Labute approximate surface area is 117 Å². The van der Waals surface area contributed by atoms with Gasteiger partial charge in [0.25, 0.3) is 0 Å². The minimum absolute atomic E-state index is 0.0108. The quantitative estimate of drug-likeness (QED) is 0.559. The second-order valence-electron chi connectivity index (χ2n) is 4.07. The van der Waals surface area contributed by atoms with Gasteiger partial charge in [0.1, 0.15) is 0 Å². The van der Waals surface area contributed by atoms with Gasteiger partial charge in [-0.3, -0.25) is 14.4 Å². The number of esters is 2. The molecule has 1 aromatic carbocycles. The van der Waals surface area contributed by atoms with E-state index in [4.69, 9.17) is 9.47 Å². The number of carbonyl (C=O) groups excluding carboxylic acids is 3. The lowest BCUT2D eigenvalue weighted by Gasteiger charge is -2.13. The summed E-state index contributed by atoms with van der Waals surface area (Å²) in [6.07, 6.45) is -0.0108. The average Bonchev–Trinajstić information content (AvgIpc) is 2.40. The molecule has 0 heterocycles. The second kappa shape index (κ2) is 8.09. The topological polar surface area (TPSA) is 69.7 Å². The molecule has 0 saturated heterocycles. The lowest BCUT2D eigenvalue weighted by molar-refractivity contribution is -0.163. The molecule has 0 unspecified atom stereocenters. The Hall–Kier alpha value is -2.17. The molecule has 0 aromatic heterocycles. The van der Waals surface area contributed by atoms with Crippen LogP contribution in [-0.2, 0) is 30.3 Å². The van der Waals surface area contributed by atoms with E-state index in [-0.39, 0.29) is 19.6 Å². The van der Waals surface area contributed by atoms with Gasteiger partial charge in [-0.1, -0.05) is 30.3 Å². The lowest BCUT2D eigenvalue weighted by Crippen LogP contribution is -2.35. The molecule has 0 N–H and O–H groups in total. The third-order valence-electron chi connectivity index (χ3n) is 2.59. The maximum absolute atomic E-state index is 12.1. The van der Waals surface area contributed by atoms with E-state index in [1.165, 1.54) is 0 Å². The van der Waals surface area contributed by atoms with Crippen molar-refractivity contribution in [1.82, 2.24) is 0 Å². The predicted octanol–water partition coefficient (Wildman–Crippen LogP) is 1.54. The Morgan fingerprint density at radius 3 is 1.90 bits per heavy atom. The number of Topliss-reactive ketones (excluding diaryl/α,β-unsaturated/α-hetero) is 1. The van der Waals surface area contributed by atoms with Gasteiger partial charge in [0.2, 0.25) is 5.92 Å². The zero-order valence-electron chi connectivity index (χ0n) is 11.6. The summed E-state index contributed by atoms with van der Waals surface area (Å²) < 4.78 is 9.54. The van der Waals surface area contributed by atoms with Crippen molar-refractivity contribution < 1.29 is 23.9 Å². The fourth-order valence-electron chi connectivity index (χ4n) is 1.71. The molecular weight excluding hydrogens is 260 g/mol. The number of carbonyl (C=O) groups is 3. The molecule has 0 fully saturated rings. The Balaban J connectivity index is 2.84. The van der Waals surface area contributed by atoms with Gasteiger partial charge >= 0.3 is 11.9 Å². The minimum atomic E-state index is -1.50. The van der Waals surface area contributed by atoms with Crippen LogP contribution >= 0.6 is 0 Å². The second-order valence-corrected chi connectivity index (χ2v) is 4.07. The van der Waals surface area contributed by atoms with Crippen LogP contribution in [0.15, 0.2) is 30.3 Å². The maximum atomic E-state index is 12.1. The monoisotopic (exact) mass is 278 g/mol. The standard InChI is InChI=1S/C15H18O5/c1-3-19-14(17)13(15(18)20-4-2)12(16)10-11-8-6-5-7-9-11/h5-9,13H,3-4,10H2,1-2H3. The summed E-state index contributed by atoms with van der Waals surface area (Å²) in [6, 6.07) is 8.90. The van der Waals surface area contributed by atoms with E-state index in [0.29, 0.717) is 0 Å². The molecule has 1 aromatic rings. The fraction of sp³-hybridized carbons (Fsp3) is 0.400. The van der Waals surface area contributed by atoms with Crippen molar-refractivity contribution in [2.45, 2.75) is 20.3 Å². The minimum Gasteiger partial charge on any atom is -0.465 e. The van der Waals surface area contributed by atoms with E-state index >= 15 is 0 Å². The average molecular weight is 278 g/mol. The Morgan fingerprint density at radius 2 is 1.45 bits per heavy atom. The molecule has 0 spiro atoms. The molecule has 0 atom stereocenters. The highest BCUT2D eigenvalue weighted by molar-refractivity contribution is 6.15. The van der Waals surface area contributed by atoms with Crippen LogP contribution in [0.2, 0.25) is 0 Å². The molecule has 108 valence electrons. The van der Waals surface area contributed by atoms with Gasteiger partial charge in [-0.2, -0.15) is 0 Å². The molecule has 0 radical (unpaired) electrons. The summed E-state index contributed by atoms with van der Waals surface area (Å²) in [5, 5.41) is 0. The number of ether oxygens (including phenoxy) is 2. The highest BCUT2D eigenvalue weighted by Gasteiger charge is 2.36. The van der Waals surface area contributed by atoms with Crippen molar-refractivity contribution in [3.05, 3.63) is 35.9 Å². The SMILES string of the molecule is CCOC(=O)C(C(=O)Cc1ccccc1)C(=O)OCC. The number of rotatable bonds is 7. The van der Waals surface area contributed by atoms with Gasteiger partial charge in [-0.05, 0) is 19.4 Å². The van der Waals surface area contributed by atoms with Crippen LogP contribution < -0.4 is 0 Å². The van der Waals surface area contributed by atoms with Crippen LogP contribution in [-0.4, -0.2) is 30.9 Å². The summed E-state index contributed by atoms with van der Waals surface area (Å²) in [5.74, 6) is -3.73. The molecule has 0 aliphatic heterocycles. The third kappa shape index (κ3) is 4.50. The highest BCUT2D eigenvalue weighted by atomic mass is 16.6. The van der Waals surface area contributed by atoms with Gasteiger partial charge in [-0.15, -0.1) is 0 Å². The van der Waals surface area contributed by atoms with Crippen LogP contribution in [0.5, 0.6) is 0 Å². The zero-order valence-corrected chi connectivity index (χ0v) is 11.6. The summed E-state index contributed by atoms with van der Waals surface area (Å²) in [6.45, 7) is 3.43. The van der Waals surface area contributed by atoms with Crippen molar-refractivity contribution in [1.29, 1.82) is 0 Å². The first kappa shape index (κ1) is 15.9. The fourth-order valence-corrected chi connectivity index (χ4v) is 1.71. The first-order chi connectivity index (χ1) is 9.60. The molecule has 0 bridgehead atoms. The van der Waals surface area contributed by atoms with E-state index in [2.05, 4.69) is 0 Å². The largest absolute Gasteiger partial charge is 0.465 e. The first-order valence-electron chi connectivity index (χ1n) is 6.50. The molecule has 1 rings (SSSR count). The third-order valence-corrected chi connectivity index (χ3v) is 2.59. The predicted molar refractivity (Wildman–Crippen MR) is 71.9 cm³/mol. The van der Waals surface area contributed by atoms with Gasteiger partial charge in [-0.25, -0.2) is 0 Å². The number of hydrogen-bond donors (Lipinski definition) is 0. The Morgan fingerprint density at radius 1 is 0.950 bits per heavy atom. The van der Waals surface area contributed by atoms with E-state index < -0.39 is 23.6 Å². The van der Waals surface area contributed by atoms with Crippen LogP contribution in [0.1, 0.15) is 19.4 Å². The van der Waals surface area contributed by atoms with Crippen LogP contribution in [0.25, 0.3) is 0 Å². The normalized spacial score (nSPS) is 10.2. The highest BCUT2D eigenvalue weighted by Crippen LogP contribution is 2.10. The summed E-state index contributed by atoms with van der Waals surface area (Å²) in [4.78, 5) is 35.6. The Bertz CT molecular complexity index is 448.